The summed E-state index contributed by atoms with van der Waals surface area (Å²) in [6.45, 7) is 4.20. The zero-order valence-electron chi connectivity index (χ0n) is 10.2. The normalized spacial score (nSPS) is 15.2. The molecule has 0 saturated carbocycles. The van der Waals surface area contributed by atoms with Crippen molar-refractivity contribution in [3.63, 3.8) is 0 Å². The maximum Gasteiger partial charge on any atom is 0.129 e. The van der Waals surface area contributed by atoms with Gasteiger partial charge in [0, 0.05) is 7.05 Å². The molecule has 0 aliphatic rings. The fraction of sp³-hybridized carbons (Fsp3) is 0.462. The quantitative estimate of drug-likeness (QED) is 0.858. The van der Waals surface area contributed by atoms with E-state index in [9.17, 15) is 0 Å². The number of fused-ring (bicyclic) bond motifs is 1. The highest BCUT2D eigenvalue weighted by molar-refractivity contribution is 5.76. The number of aromatic nitrogens is 2. The first-order chi connectivity index (χ1) is 7.56. The zero-order valence-corrected chi connectivity index (χ0v) is 10.2. The Balaban J connectivity index is 2.57. The van der Waals surface area contributed by atoms with Gasteiger partial charge in [-0.1, -0.05) is 25.5 Å². The molecule has 0 saturated heterocycles. The second kappa shape index (κ2) is 3.91. The van der Waals surface area contributed by atoms with Gasteiger partial charge in [-0.05, 0) is 25.5 Å². The molecular formula is C13H19N3. The van der Waals surface area contributed by atoms with E-state index in [1.54, 1.807) is 0 Å². The Morgan fingerprint density at radius 2 is 2.06 bits per heavy atom. The fourth-order valence-corrected chi connectivity index (χ4v) is 2.29. The van der Waals surface area contributed by atoms with Gasteiger partial charge in [-0.3, -0.25) is 0 Å². The van der Waals surface area contributed by atoms with Gasteiger partial charge in [-0.2, -0.15) is 0 Å². The predicted octanol–water partition coefficient (Wildman–Crippen LogP) is 2.55. The molecule has 16 heavy (non-hydrogen) atoms. The van der Waals surface area contributed by atoms with Crippen molar-refractivity contribution in [1.82, 2.24) is 9.55 Å². The van der Waals surface area contributed by atoms with E-state index in [1.807, 2.05) is 25.2 Å². The Morgan fingerprint density at radius 1 is 1.38 bits per heavy atom. The maximum absolute atomic E-state index is 6.33. The summed E-state index contributed by atoms with van der Waals surface area (Å²) in [4.78, 5) is 4.64. The molecule has 0 fully saturated rings. The van der Waals surface area contributed by atoms with Crippen molar-refractivity contribution in [3.8, 4) is 0 Å². The molecule has 2 N–H and O–H groups in total. The van der Waals surface area contributed by atoms with E-state index in [1.165, 1.54) is 0 Å². The number of benzene rings is 1. The minimum absolute atomic E-state index is 0.345. The van der Waals surface area contributed by atoms with Crippen molar-refractivity contribution >= 4 is 11.0 Å². The average Bonchev–Trinajstić information content (AvgIpc) is 2.58. The van der Waals surface area contributed by atoms with Gasteiger partial charge < -0.3 is 10.3 Å². The van der Waals surface area contributed by atoms with Crippen molar-refractivity contribution in [3.05, 3.63) is 30.1 Å². The Kier molecular flexibility index (Phi) is 2.72. The lowest BCUT2D eigenvalue weighted by Crippen LogP contribution is -2.35. The van der Waals surface area contributed by atoms with Crippen molar-refractivity contribution in [2.24, 2.45) is 12.8 Å². The van der Waals surface area contributed by atoms with Crippen LogP contribution in [0.1, 0.15) is 32.5 Å². The summed E-state index contributed by atoms with van der Waals surface area (Å²) in [7, 11) is 2.03. The molecular weight excluding hydrogens is 198 g/mol. The molecule has 0 radical (unpaired) electrons. The minimum Gasteiger partial charge on any atom is -0.330 e. The molecule has 3 nitrogen and oxygen atoms in total. The van der Waals surface area contributed by atoms with Gasteiger partial charge in [-0.15, -0.1) is 0 Å². The summed E-state index contributed by atoms with van der Waals surface area (Å²) < 4.78 is 2.10. The lowest BCUT2D eigenvalue weighted by atomic mass is 9.97. The number of imidazole rings is 1. The van der Waals surface area contributed by atoms with Gasteiger partial charge in [0.1, 0.15) is 5.82 Å². The van der Waals surface area contributed by atoms with Crippen molar-refractivity contribution in [2.75, 3.05) is 0 Å². The molecule has 0 spiro atoms. The number of nitrogens with two attached hydrogens (primary N) is 1. The summed E-state index contributed by atoms with van der Waals surface area (Å²) >= 11 is 0. The topological polar surface area (TPSA) is 43.8 Å². The molecule has 86 valence electrons. The highest BCUT2D eigenvalue weighted by atomic mass is 15.1. The molecule has 1 unspecified atom stereocenters. The van der Waals surface area contributed by atoms with E-state index >= 15 is 0 Å². The minimum atomic E-state index is -0.345. The van der Waals surface area contributed by atoms with Crippen molar-refractivity contribution in [1.29, 1.82) is 0 Å². The second-order valence-corrected chi connectivity index (χ2v) is 4.65. The van der Waals surface area contributed by atoms with E-state index in [0.29, 0.717) is 0 Å². The molecule has 0 aliphatic heterocycles. The summed E-state index contributed by atoms with van der Waals surface area (Å²) in [5, 5.41) is 0. The van der Waals surface area contributed by atoms with Crippen LogP contribution in [-0.4, -0.2) is 9.55 Å². The predicted molar refractivity (Wildman–Crippen MR) is 67.2 cm³/mol. The highest BCUT2D eigenvalue weighted by Crippen LogP contribution is 2.25. The summed E-state index contributed by atoms with van der Waals surface area (Å²) in [5.41, 5.74) is 8.15. The van der Waals surface area contributed by atoms with Crippen LogP contribution in [0.4, 0.5) is 0 Å². The smallest absolute Gasteiger partial charge is 0.129 e. The lowest BCUT2D eigenvalue weighted by Gasteiger charge is -2.23. The van der Waals surface area contributed by atoms with Gasteiger partial charge in [-0.25, -0.2) is 4.98 Å². The first-order valence-corrected chi connectivity index (χ1v) is 5.77. The molecule has 0 amide bonds. The largest absolute Gasteiger partial charge is 0.330 e. The molecule has 1 aromatic carbocycles. The SMILES string of the molecule is CCCC(C)(N)c1nc2ccccc2n1C. The van der Waals surface area contributed by atoms with Crippen LogP contribution < -0.4 is 5.73 Å². The molecule has 1 atom stereocenters. The Morgan fingerprint density at radius 3 is 2.69 bits per heavy atom. The van der Waals surface area contributed by atoms with E-state index in [4.69, 9.17) is 5.73 Å². The van der Waals surface area contributed by atoms with Crippen LogP contribution in [0.3, 0.4) is 0 Å². The van der Waals surface area contributed by atoms with Gasteiger partial charge in [0.25, 0.3) is 0 Å². The van der Waals surface area contributed by atoms with Gasteiger partial charge >= 0.3 is 0 Å². The molecule has 1 aromatic heterocycles. The van der Waals surface area contributed by atoms with Gasteiger partial charge in [0.15, 0.2) is 0 Å². The monoisotopic (exact) mass is 217 g/mol. The third-order valence-electron chi connectivity index (χ3n) is 3.07. The van der Waals surface area contributed by atoms with Gasteiger partial charge in [0.2, 0.25) is 0 Å². The Hall–Kier alpha value is -1.35. The van der Waals surface area contributed by atoms with Crippen LogP contribution in [0.15, 0.2) is 24.3 Å². The number of rotatable bonds is 3. The van der Waals surface area contributed by atoms with E-state index in [2.05, 4.69) is 29.5 Å². The van der Waals surface area contributed by atoms with Crippen LogP contribution in [0.25, 0.3) is 11.0 Å². The molecule has 2 rings (SSSR count). The second-order valence-electron chi connectivity index (χ2n) is 4.65. The van der Waals surface area contributed by atoms with E-state index < -0.39 is 0 Å². The number of aryl methyl sites for hydroxylation is 1. The third kappa shape index (κ3) is 1.71. The van der Waals surface area contributed by atoms with Crippen molar-refractivity contribution in [2.45, 2.75) is 32.2 Å². The first-order valence-electron chi connectivity index (χ1n) is 5.77. The Labute approximate surface area is 96.3 Å². The Bertz CT molecular complexity index is 497. The fourth-order valence-electron chi connectivity index (χ4n) is 2.29. The summed E-state index contributed by atoms with van der Waals surface area (Å²) in [6, 6.07) is 8.14. The van der Waals surface area contributed by atoms with Crippen LogP contribution in [0.2, 0.25) is 0 Å². The van der Waals surface area contributed by atoms with Crippen LogP contribution >= 0.6 is 0 Å². The maximum atomic E-state index is 6.33. The zero-order chi connectivity index (χ0) is 11.8. The standard InChI is InChI=1S/C13H19N3/c1-4-9-13(2,14)12-15-10-7-5-6-8-11(10)16(12)3/h5-8H,4,9,14H2,1-3H3. The summed E-state index contributed by atoms with van der Waals surface area (Å²) in [5.74, 6) is 0.968. The summed E-state index contributed by atoms with van der Waals surface area (Å²) in [6.07, 6.45) is 2.01. The van der Waals surface area contributed by atoms with Crippen LogP contribution in [-0.2, 0) is 12.6 Å². The molecule has 2 aromatic rings. The van der Waals surface area contributed by atoms with Crippen LogP contribution in [0, 0.1) is 0 Å². The lowest BCUT2D eigenvalue weighted by molar-refractivity contribution is 0.410. The molecule has 0 bridgehead atoms. The average molecular weight is 217 g/mol. The number of nitrogens with zero attached hydrogens (tertiary/aromatic N) is 2. The third-order valence-corrected chi connectivity index (χ3v) is 3.07. The highest BCUT2D eigenvalue weighted by Gasteiger charge is 2.25. The number of hydrogen-bond acceptors (Lipinski definition) is 2. The molecule has 3 heteroatoms. The first kappa shape index (κ1) is 11.1. The van der Waals surface area contributed by atoms with E-state index in [-0.39, 0.29) is 5.54 Å². The number of para-hydroxylation sites is 2. The number of hydrogen-bond donors (Lipinski definition) is 1. The van der Waals surface area contributed by atoms with E-state index in [0.717, 1.165) is 29.7 Å². The van der Waals surface area contributed by atoms with Crippen LogP contribution in [0.5, 0.6) is 0 Å². The van der Waals surface area contributed by atoms with Crippen molar-refractivity contribution < 1.29 is 0 Å². The molecule has 1 heterocycles. The molecule has 0 aliphatic carbocycles. The van der Waals surface area contributed by atoms with Gasteiger partial charge in [0.05, 0.1) is 16.6 Å².